The molecular weight excluding hydrogens is 264 g/mol. The van der Waals surface area contributed by atoms with Crippen LogP contribution in [0.3, 0.4) is 0 Å². The van der Waals surface area contributed by atoms with Gasteiger partial charge in [0.1, 0.15) is 0 Å². The van der Waals surface area contributed by atoms with E-state index in [4.69, 9.17) is 0 Å². The molecule has 0 unspecified atom stereocenters. The lowest BCUT2D eigenvalue weighted by molar-refractivity contribution is 0.0694. The van der Waals surface area contributed by atoms with Crippen LogP contribution in [-0.4, -0.2) is 34.0 Å². The lowest BCUT2D eigenvalue weighted by Crippen LogP contribution is -2.24. The highest BCUT2D eigenvalue weighted by Crippen LogP contribution is 2.20. The zero-order valence-electron chi connectivity index (χ0n) is 12.4. The van der Waals surface area contributed by atoms with E-state index in [1.807, 2.05) is 30.3 Å². The van der Waals surface area contributed by atoms with Crippen LogP contribution in [-0.2, 0) is 6.54 Å². The maximum absolute atomic E-state index is 11.4. The Kier molecular flexibility index (Phi) is 5.06. The second-order valence-electron chi connectivity index (χ2n) is 4.82. The number of nitrogens with zero attached hydrogens (tertiary/aromatic N) is 2. The predicted molar refractivity (Wildman–Crippen MR) is 83.3 cm³/mol. The molecule has 0 atom stereocenters. The molecule has 0 radical (unpaired) electrons. The summed E-state index contributed by atoms with van der Waals surface area (Å²) in [7, 11) is 0. The maximum atomic E-state index is 11.4. The number of aromatic nitrogens is 1. The van der Waals surface area contributed by atoms with Crippen LogP contribution in [0.2, 0.25) is 0 Å². The summed E-state index contributed by atoms with van der Waals surface area (Å²) >= 11 is 0. The van der Waals surface area contributed by atoms with Gasteiger partial charge in [-0.3, -0.25) is 9.88 Å². The van der Waals surface area contributed by atoms with E-state index in [9.17, 15) is 9.90 Å². The number of carboxylic acid groups (broad SMARTS) is 1. The molecule has 0 aliphatic carbocycles. The van der Waals surface area contributed by atoms with Gasteiger partial charge in [-0.05, 0) is 25.2 Å². The smallest absolute Gasteiger partial charge is 0.337 e. The Morgan fingerprint density at radius 2 is 1.76 bits per heavy atom. The summed E-state index contributed by atoms with van der Waals surface area (Å²) in [5.41, 5.74) is 2.70. The van der Waals surface area contributed by atoms with E-state index in [0.717, 1.165) is 24.3 Å². The van der Waals surface area contributed by atoms with Crippen molar-refractivity contribution in [3.8, 4) is 11.3 Å². The summed E-state index contributed by atoms with van der Waals surface area (Å²) < 4.78 is 0. The van der Waals surface area contributed by atoms with Gasteiger partial charge in [0.2, 0.25) is 0 Å². The Morgan fingerprint density at radius 3 is 2.33 bits per heavy atom. The van der Waals surface area contributed by atoms with E-state index >= 15 is 0 Å². The Labute approximate surface area is 125 Å². The van der Waals surface area contributed by atoms with Crippen LogP contribution < -0.4 is 0 Å². The number of hydrogen-bond donors (Lipinski definition) is 1. The molecule has 110 valence electrons. The lowest BCUT2D eigenvalue weighted by Gasteiger charge is -2.19. The summed E-state index contributed by atoms with van der Waals surface area (Å²) in [5.74, 6) is -0.927. The van der Waals surface area contributed by atoms with Crippen LogP contribution in [0, 0.1) is 0 Å². The summed E-state index contributed by atoms with van der Waals surface area (Å²) in [6.07, 6.45) is 0. The van der Waals surface area contributed by atoms with Crippen molar-refractivity contribution in [2.75, 3.05) is 13.1 Å². The molecule has 1 aromatic carbocycles. The Morgan fingerprint density at radius 1 is 1.10 bits per heavy atom. The summed E-state index contributed by atoms with van der Waals surface area (Å²) in [6.45, 7) is 6.41. The molecule has 4 heteroatoms. The van der Waals surface area contributed by atoms with Gasteiger partial charge in [-0.1, -0.05) is 44.2 Å². The van der Waals surface area contributed by atoms with Gasteiger partial charge in [-0.15, -0.1) is 0 Å². The minimum Gasteiger partial charge on any atom is -0.478 e. The number of carbonyl (C=O) groups is 1. The van der Waals surface area contributed by atoms with Gasteiger partial charge in [0.05, 0.1) is 17.0 Å². The number of carboxylic acids is 1. The van der Waals surface area contributed by atoms with E-state index in [1.54, 1.807) is 12.1 Å². The number of rotatable bonds is 6. The molecule has 21 heavy (non-hydrogen) atoms. The SMILES string of the molecule is CCN(CC)Cc1nc(-c2ccccc2)ccc1C(=O)O. The Balaban J connectivity index is 2.41. The predicted octanol–water partition coefficient (Wildman–Crippen LogP) is 3.29. The van der Waals surface area contributed by atoms with Gasteiger partial charge < -0.3 is 5.11 Å². The van der Waals surface area contributed by atoms with Gasteiger partial charge in [0.25, 0.3) is 0 Å². The van der Waals surface area contributed by atoms with E-state index < -0.39 is 5.97 Å². The van der Waals surface area contributed by atoms with Gasteiger partial charge in [-0.25, -0.2) is 4.79 Å². The van der Waals surface area contributed by atoms with Gasteiger partial charge in [0, 0.05) is 12.1 Å². The molecule has 0 aliphatic heterocycles. The van der Waals surface area contributed by atoms with E-state index in [2.05, 4.69) is 23.7 Å². The average Bonchev–Trinajstić information content (AvgIpc) is 2.53. The van der Waals surface area contributed by atoms with Crippen molar-refractivity contribution in [2.45, 2.75) is 20.4 Å². The van der Waals surface area contributed by atoms with Crippen molar-refractivity contribution in [2.24, 2.45) is 0 Å². The molecule has 2 aromatic rings. The van der Waals surface area contributed by atoms with Crippen molar-refractivity contribution in [1.82, 2.24) is 9.88 Å². The van der Waals surface area contributed by atoms with Gasteiger partial charge >= 0.3 is 5.97 Å². The molecule has 4 nitrogen and oxygen atoms in total. The van der Waals surface area contributed by atoms with Crippen molar-refractivity contribution in [3.63, 3.8) is 0 Å². The number of benzene rings is 1. The second-order valence-corrected chi connectivity index (χ2v) is 4.82. The van der Waals surface area contributed by atoms with Crippen LogP contribution >= 0.6 is 0 Å². The zero-order chi connectivity index (χ0) is 15.2. The van der Waals surface area contributed by atoms with Crippen LogP contribution in [0.4, 0.5) is 0 Å². The average molecular weight is 284 g/mol. The summed E-state index contributed by atoms with van der Waals surface area (Å²) in [4.78, 5) is 18.1. The summed E-state index contributed by atoms with van der Waals surface area (Å²) in [6, 6.07) is 13.2. The third-order valence-electron chi connectivity index (χ3n) is 3.54. The topological polar surface area (TPSA) is 53.4 Å². The molecule has 0 saturated heterocycles. The second kappa shape index (κ2) is 6.99. The molecule has 0 aliphatic rings. The van der Waals surface area contributed by atoms with E-state index in [-0.39, 0.29) is 5.56 Å². The fourth-order valence-electron chi connectivity index (χ4n) is 2.25. The monoisotopic (exact) mass is 284 g/mol. The quantitative estimate of drug-likeness (QED) is 0.884. The van der Waals surface area contributed by atoms with Gasteiger partial charge in [0.15, 0.2) is 0 Å². The highest BCUT2D eigenvalue weighted by molar-refractivity contribution is 5.89. The van der Waals surface area contributed by atoms with Crippen molar-refractivity contribution in [3.05, 3.63) is 53.7 Å². The van der Waals surface area contributed by atoms with Crippen LogP contribution in [0.15, 0.2) is 42.5 Å². The minimum atomic E-state index is -0.927. The fraction of sp³-hybridized carbons (Fsp3) is 0.294. The largest absolute Gasteiger partial charge is 0.478 e. The standard InChI is InChI=1S/C17H20N2O2/c1-3-19(4-2)12-16-14(17(20)21)10-11-15(18-16)13-8-6-5-7-9-13/h5-11H,3-4,12H2,1-2H3,(H,20,21). The summed E-state index contributed by atoms with van der Waals surface area (Å²) in [5, 5.41) is 9.33. The fourth-order valence-corrected chi connectivity index (χ4v) is 2.25. The van der Waals surface area contributed by atoms with Crippen LogP contribution in [0.1, 0.15) is 29.9 Å². The lowest BCUT2D eigenvalue weighted by atomic mass is 10.1. The van der Waals surface area contributed by atoms with Crippen LogP contribution in [0.25, 0.3) is 11.3 Å². The third-order valence-corrected chi connectivity index (χ3v) is 3.54. The molecule has 0 bridgehead atoms. The molecule has 0 spiro atoms. The van der Waals surface area contributed by atoms with Crippen molar-refractivity contribution in [1.29, 1.82) is 0 Å². The van der Waals surface area contributed by atoms with Crippen molar-refractivity contribution >= 4 is 5.97 Å². The van der Waals surface area contributed by atoms with E-state index in [1.165, 1.54) is 0 Å². The first kappa shape index (κ1) is 15.2. The van der Waals surface area contributed by atoms with E-state index in [0.29, 0.717) is 12.2 Å². The maximum Gasteiger partial charge on any atom is 0.337 e. The molecular formula is C17H20N2O2. The third kappa shape index (κ3) is 3.67. The Hall–Kier alpha value is -2.20. The van der Waals surface area contributed by atoms with Crippen LogP contribution in [0.5, 0.6) is 0 Å². The number of aromatic carboxylic acids is 1. The first-order chi connectivity index (χ1) is 10.2. The number of pyridine rings is 1. The zero-order valence-corrected chi connectivity index (χ0v) is 12.4. The molecule has 1 heterocycles. The molecule has 0 amide bonds. The molecule has 1 aromatic heterocycles. The molecule has 0 saturated carbocycles. The minimum absolute atomic E-state index is 0.279. The highest BCUT2D eigenvalue weighted by atomic mass is 16.4. The molecule has 0 fully saturated rings. The van der Waals surface area contributed by atoms with Gasteiger partial charge in [-0.2, -0.15) is 0 Å². The molecule has 1 N–H and O–H groups in total. The molecule has 2 rings (SSSR count). The normalized spacial score (nSPS) is 10.8. The highest BCUT2D eigenvalue weighted by Gasteiger charge is 2.15. The Bertz CT molecular complexity index is 607. The first-order valence-electron chi connectivity index (χ1n) is 7.16. The van der Waals surface area contributed by atoms with Crippen molar-refractivity contribution < 1.29 is 9.90 Å². The number of hydrogen-bond acceptors (Lipinski definition) is 3. The first-order valence-corrected chi connectivity index (χ1v) is 7.16.